The van der Waals surface area contributed by atoms with Gasteiger partial charge in [-0.25, -0.2) is 8.42 Å². The third-order valence-corrected chi connectivity index (χ3v) is 3.23. The first-order chi connectivity index (χ1) is 7.94. The van der Waals surface area contributed by atoms with Gasteiger partial charge in [0.25, 0.3) is 0 Å². The quantitative estimate of drug-likeness (QED) is 0.792. The van der Waals surface area contributed by atoms with E-state index in [2.05, 4.69) is 4.72 Å². The Balaban J connectivity index is 2.79. The van der Waals surface area contributed by atoms with Crippen molar-refractivity contribution >= 4 is 21.7 Å². The van der Waals surface area contributed by atoms with E-state index < -0.39 is 28.2 Å². The number of carboxylic acid groups (broad SMARTS) is 1. The summed E-state index contributed by atoms with van der Waals surface area (Å²) in [7, 11) is -2.25. The maximum atomic E-state index is 11.5. The summed E-state index contributed by atoms with van der Waals surface area (Å²) in [4.78, 5) is 10.3. The number of carbonyl (C=O) groups is 1. The molecular formula is C10H13NO5S. The molecule has 17 heavy (non-hydrogen) atoms. The Bertz CT molecular complexity index is 497. The number of hydrogen-bond acceptors (Lipinski definition) is 4. The molecule has 0 radical (unpaired) electrons. The van der Waals surface area contributed by atoms with Gasteiger partial charge in [0.15, 0.2) is 0 Å². The summed E-state index contributed by atoms with van der Waals surface area (Å²) in [5.74, 6) is -1.25. The second-order valence-electron chi connectivity index (χ2n) is 3.26. The summed E-state index contributed by atoms with van der Waals surface area (Å²) in [5, 5.41) is 8.43. The molecule has 2 N–H and O–H groups in total. The topological polar surface area (TPSA) is 92.7 Å². The maximum Gasteiger partial charge on any atom is 0.304 e. The minimum Gasteiger partial charge on any atom is -0.495 e. The third kappa shape index (κ3) is 4.31. The number of para-hydroxylation sites is 2. The predicted octanol–water partition coefficient (Wildman–Crippen LogP) is 0.912. The van der Waals surface area contributed by atoms with Gasteiger partial charge in [-0.2, -0.15) is 0 Å². The Morgan fingerprint density at radius 3 is 2.65 bits per heavy atom. The van der Waals surface area contributed by atoms with Gasteiger partial charge in [0.1, 0.15) is 5.75 Å². The zero-order valence-electron chi connectivity index (χ0n) is 9.21. The van der Waals surface area contributed by atoms with Gasteiger partial charge in [-0.15, -0.1) is 0 Å². The van der Waals surface area contributed by atoms with Gasteiger partial charge in [0, 0.05) is 0 Å². The highest BCUT2D eigenvalue weighted by Gasteiger charge is 2.14. The second-order valence-corrected chi connectivity index (χ2v) is 5.11. The SMILES string of the molecule is COc1ccccc1NS(=O)(=O)CCC(=O)O. The molecule has 0 spiro atoms. The van der Waals surface area contributed by atoms with Crippen LogP contribution in [0.2, 0.25) is 0 Å². The number of hydrogen-bond donors (Lipinski definition) is 2. The first-order valence-corrected chi connectivity index (χ1v) is 6.45. The highest BCUT2D eigenvalue weighted by atomic mass is 32.2. The summed E-state index contributed by atoms with van der Waals surface area (Å²) in [5.41, 5.74) is 0.292. The first kappa shape index (κ1) is 13.3. The highest BCUT2D eigenvalue weighted by Crippen LogP contribution is 2.24. The molecule has 0 bridgehead atoms. The molecule has 1 aromatic rings. The Hall–Kier alpha value is -1.76. The van der Waals surface area contributed by atoms with E-state index in [1.165, 1.54) is 13.2 Å². The summed E-state index contributed by atoms with van der Waals surface area (Å²) in [6.45, 7) is 0. The minimum absolute atomic E-state index is 0.292. The fourth-order valence-corrected chi connectivity index (χ4v) is 2.22. The molecule has 0 aromatic heterocycles. The molecule has 0 heterocycles. The number of benzene rings is 1. The van der Waals surface area contributed by atoms with Crippen molar-refractivity contribution in [1.29, 1.82) is 0 Å². The fourth-order valence-electron chi connectivity index (χ4n) is 1.17. The van der Waals surface area contributed by atoms with E-state index in [0.717, 1.165) is 0 Å². The Morgan fingerprint density at radius 2 is 2.06 bits per heavy atom. The monoisotopic (exact) mass is 259 g/mol. The van der Waals surface area contributed by atoms with E-state index >= 15 is 0 Å². The van der Waals surface area contributed by atoms with Crippen LogP contribution in [-0.4, -0.2) is 32.4 Å². The smallest absolute Gasteiger partial charge is 0.304 e. The standard InChI is InChI=1S/C10H13NO5S/c1-16-9-5-3-2-4-8(9)11-17(14,15)7-6-10(12)13/h2-5,11H,6-7H2,1H3,(H,12,13). The van der Waals surface area contributed by atoms with Crippen LogP contribution in [0.3, 0.4) is 0 Å². The van der Waals surface area contributed by atoms with Crippen LogP contribution in [0, 0.1) is 0 Å². The Morgan fingerprint density at radius 1 is 1.41 bits per heavy atom. The molecule has 0 aliphatic carbocycles. The van der Waals surface area contributed by atoms with Crippen LogP contribution in [0.1, 0.15) is 6.42 Å². The van der Waals surface area contributed by atoms with E-state index in [-0.39, 0.29) is 0 Å². The number of aliphatic carboxylic acids is 1. The molecule has 0 atom stereocenters. The van der Waals surface area contributed by atoms with Crippen LogP contribution >= 0.6 is 0 Å². The van der Waals surface area contributed by atoms with E-state index in [1.807, 2.05) is 0 Å². The van der Waals surface area contributed by atoms with Crippen molar-refractivity contribution in [3.05, 3.63) is 24.3 Å². The summed E-state index contributed by atoms with van der Waals surface area (Å²) < 4.78 is 30.3. The second kappa shape index (κ2) is 5.53. The zero-order valence-corrected chi connectivity index (χ0v) is 10.0. The van der Waals surface area contributed by atoms with Gasteiger partial charge in [0.05, 0.1) is 25.0 Å². The van der Waals surface area contributed by atoms with Gasteiger partial charge in [-0.05, 0) is 12.1 Å². The number of carboxylic acids is 1. The van der Waals surface area contributed by atoms with Crippen LogP contribution in [0.4, 0.5) is 5.69 Å². The molecule has 7 heteroatoms. The number of sulfonamides is 1. The van der Waals surface area contributed by atoms with Crippen molar-refractivity contribution < 1.29 is 23.1 Å². The van der Waals surface area contributed by atoms with Crippen LogP contribution in [-0.2, 0) is 14.8 Å². The van der Waals surface area contributed by atoms with Gasteiger partial charge in [-0.1, -0.05) is 12.1 Å². The number of ether oxygens (including phenoxy) is 1. The van der Waals surface area contributed by atoms with Crippen molar-refractivity contribution in [2.24, 2.45) is 0 Å². The summed E-state index contributed by atoms with van der Waals surface area (Å²) in [6.07, 6.45) is -0.440. The Labute approximate surface area is 99.3 Å². The lowest BCUT2D eigenvalue weighted by Crippen LogP contribution is -2.19. The van der Waals surface area contributed by atoms with Gasteiger partial charge in [0.2, 0.25) is 10.0 Å². The maximum absolute atomic E-state index is 11.5. The summed E-state index contributed by atoms with van der Waals surface area (Å²) >= 11 is 0. The van der Waals surface area contributed by atoms with Crippen molar-refractivity contribution in [2.45, 2.75) is 6.42 Å². The van der Waals surface area contributed by atoms with E-state index in [9.17, 15) is 13.2 Å². The molecule has 0 aliphatic rings. The lowest BCUT2D eigenvalue weighted by atomic mass is 10.3. The molecule has 0 aliphatic heterocycles. The number of rotatable bonds is 6. The highest BCUT2D eigenvalue weighted by molar-refractivity contribution is 7.92. The van der Waals surface area contributed by atoms with Crippen molar-refractivity contribution in [2.75, 3.05) is 17.6 Å². The Kier molecular flexibility index (Phi) is 4.33. The summed E-state index contributed by atoms with van der Waals surface area (Å²) in [6, 6.07) is 6.50. The third-order valence-electron chi connectivity index (χ3n) is 1.96. The largest absolute Gasteiger partial charge is 0.495 e. The molecule has 1 rings (SSSR count). The average molecular weight is 259 g/mol. The molecule has 0 fully saturated rings. The molecule has 6 nitrogen and oxygen atoms in total. The molecular weight excluding hydrogens is 246 g/mol. The van der Waals surface area contributed by atoms with Crippen molar-refractivity contribution in [3.63, 3.8) is 0 Å². The van der Waals surface area contributed by atoms with Crippen LogP contribution in [0.5, 0.6) is 5.75 Å². The average Bonchev–Trinajstić information content (AvgIpc) is 2.27. The molecule has 0 unspecified atom stereocenters. The van der Waals surface area contributed by atoms with Crippen molar-refractivity contribution in [3.8, 4) is 5.75 Å². The zero-order chi connectivity index (χ0) is 12.9. The lowest BCUT2D eigenvalue weighted by Gasteiger charge is -2.10. The van der Waals surface area contributed by atoms with Crippen LogP contribution < -0.4 is 9.46 Å². The van der Waals surface area contributed by atoms with Gasteiger partial charge >= 0.3 is 5.97 Å². The molecule has 94 valence electrons. The van der Waals surface area contributed by atoms with Gasteiger partial charge in [-0.3, -0.25) is 9.52 Å². The number of methoxy groups -OCH3 is 1. The van der Waals surface area contributed by atoms with Crippen LogP contribution in [0.15, 0.2) is 24.3 Å². The lowest BCUT2D eigenvalue weighted by molar-refractivity contribution is -0.136. The number of nitrogens with one attached hydrogen (secondary N) is 1. The number of anilines is 1. The van der Waals surface area contributed by atoms with E-state index in [1.54, 1.807) is 18.2 Å². The molecule has 0 saturated carbocycles. The predicted molar refractivity (Wildman–Crippen MR) is 62.7 cm³/mol. The van der Waals surface area contributed by atoms with Crippen molar-refractivity contribution in [1.82, 2.24) is 0 Å². The minimum atomic E-state index is -3.67. The first-order valence-electron chi connectivity index (χ1n) is 4.80. The fraction of sp³-hybridized carbons (Fsp3) is 0.300. The molecule has 0 saturated heterocycles. The van der Waals surface area contributed by atoms with E-state index in [0.29, 0.717) is 11.4 Å². The van der Waals surface area contributed by atoms with Crippen LogP contribution in [0.25, 0.3) is 0 Å². The van der Waals surface area contributed by atoms with Gasteiger partial charge < -0.3 is 9.84 Å². The molecule has 1 aromatic carbocycles. The van der Waals surface area contributed by atoms with E-state index in [4.69, 9.17) is 9.84 Å². The molecule has 0 amide bonds. The normalized spacial score (nSPS) is 10.9.